The average molecular weight is 307 g/mol. The molecule has 0 bridgehead atoms. The molecule has 2 unspecified atom stereocenters. The molecule has 0 aromatic carbocycles. The van der Waals surface area contributed by atoms with Crippen LogP contribution in [0.25, 0.3) is 0 Å². The van der Waals surface area contributed by atoms with Crippen molar-refractivity contribution < 1.29 is 19.1 Å². The van der Waals surface area contributed by atoms with Gasteiger partial charge in [0.2, 0.25) is 0 Å². The van der Waals surface area contributed by atoms with Crippen LogP contribution in [0, 0.1) is 5.41 Å². The van der Waals surface area contributed by atoms with Gasteiger partial charge in [-0.05, 0) is 13.3 Å². The molecule has 5 heteroatoms. The van der Waals surface area contributed by atoms with Gasteiger partial charge in [-0.3, -0.25) is 9.59 Å². The number of alkyl halides is 1. The number of ether oxygens (including phenoxy) is 2. The van der Waals surface area contributed by atoms with Crippen LogP contribution in [-0.4, -0.2) is 30.0 Å². The highest BCUT2D eigenvalue weighted by Gasteiger charge is 2.55. The number of hydrogen-bond acceptors (Lipinski definition) is 4. The molecule has 2 atom stereocenters. The summed E-state index contributed by atoms with van der Waals surface area (Å²) in [4.78, 5) is 24.0. The van der Waals surface area contributed by atoms with Gasteiger partial charge in [0.05, 0.1) is 6.61 Å². The highest BCUT2D eigenvalue weighted by atomic mass is 79.9. The van der Waals surface area contributed by atoms with Crippen molar-refractivity contribution in [3.8, 4) is 0 Å². The van der Waals surface area contributed by atoms with Crippen LogP contribution in [0.3, 0.4) is 0 Å². The van der Waals surface area contributed by atoms with Crippen molar-refractivity contribution in [2.45, 2.75) is 45.6 Å². The Balaban J connectivity index is 2.86. The van der Waals surface area contributed by atoms with Gasteiger partial charge in [-0.25, -0.2) is 0 Å². The van der Waals surface area contributed by atoms with Crippen molar-refractivity contribution in [1.82, 2.24) is 0 Å². The van der Waals surface area contributed by atoms with Gasteiger partial charge >= 0.3 is 11.9 Å². The van der Waals surface area contributed by atoms with Gasteiger partial charge in [0, 0.05) is 11.8 Å². The lowest BCUT2D eigenvalue weighted by Crippen LogP contribution is -2.37. The molecule has 0 aromatic heterocycles. The van der Waals surface area contributed by atoms with E-state index in [-0.39, 0.29) is 6.10 Å². The van der Waals surface area contributed by atoms with E-state index in [0.29, 0.717) is 24.8 Å². The van der Waals surface area contributed by atoms with Crippen LogP contribution in [0.4, 0.5) is 0 Å². The van der Waals surface area contributed by atoms with E-state index in [4.69, 9.17) is 9.47 Å². The Bertz CT molecular complexity index is 292. The monoisotopic (exact) mass is 306 g/mol. The van der Waals surface area contributed by atoms with Gasteiger partial charge in [-0.15, -0.1) is 0 Å². The molecule has 17 heavy (non-hydrogen) atoms. The molecule has 0 saturated carbocycles. The van der Waals surface area contributed by atoms with Gasteiger partial charge in [0.25, 0.3) is 0 Å². The van der Waals surface area contributed by atoms with Gasteiger partial charge in [0.15, 0.2) is 5.41 Å². The number of carbonyl (C=O) groups is 2. The summed E-state index contributed by atoms with van der Waals surface area (Å²) in [7, 11) is 0. The molecular weight excluding hydrogens is 288 g/mol. The maximum absolute atomic E-state index is 12.0. The Hall–Kier alpha value is -0.580. The number of cyclic esters (lactones) is 1. The summed E-state index contributed by atoms with van der Waals surface area (Å²) in [6, 6.07) is 0. The number of carbonyl (C=O) groups excluding carboxylic acids is 2. The number of rotatable bonds is 6. The van der Waals surface area contributed by atoms with Crippen molar-refractivity contribution in [2.75, 3.05) is 11.9 Å². The van der Waals surface area contributed by atoms with Crippen molar-refractivity contribution in [2.24, 2.45) is 5.41 Å². The SMILES string of the molecule is CCCCC1(C(=O)OCC)CC(CBr)OC1=O. The van der Waals surface area contributed by atoms with Gasteiger partial charge in [-0.2, -0.15) is 0 Å². The minimum atomic E-state index is -1.07. The number of halogens is 1. The fourth-order valence-corrected chi connectivity index (χ4v) is 2.45. The Morgan fingerprint density at radius 1 is 1.59 bits per heavy atom. The number of esters is 2. The molecule has 1 rings (SSSR count). The minimum absolute atomic E-state index is 0.219. The summed E-state index contributed by atoms with van der Waals surface area (Å²) in [5.74, 6) is -0.851. The van der Waals surface area contributed by atoms with Crippen LogP contribution < -0.4 is 0 Å². The van der Waals surface area contributed by atoms with Crippen LogP contribution in [0.1, 0.15) is 39.5 Å². The molecule has 0 amide bonds. The zero-order valence-corrected chi connectivity index (χ0v) is 11.9. The maximum Gasteiger partial charge on any atom is 0.323 e. The number of hydrogen-bond donors (Lipinski definition) is 0. The molecule has 0 radical (unpaired) electrons. The molecule has 0 aromatic rings. The molecule has 0 N–H and O–H groups in total. The second-order valence-electron chi connectivity index (χ2n) is 4.29. The standard InChI is InChI=1S/C12H19BrO4/c1-3-5-6-12(10(14)16-4-2)7-9(8-13)17-11(12)15/h9H,3-8H2,1-2H3. The second-order valence-corrected chi connectivity index (χ2v) is 4.94. The predicted molar refractivity (Wildman–Crippen MR) is 66.9 cm³/mol. The molecule has 1 saturated heterocycles. The first-order valence-electron chi connectivity index (χ1n) is 6.05. The van der Waals surface area contributed by atoms with Crippen molar-refractivity contribution in [3.63, 3.8) is 0 Å². The molecule has 1 heterocycles. The van der Waals surface area contributed by atoms with E-state index in [1.165, 1.54) is 0 Å². The van der Waals surface area contributed by atoms with E-state index < -0.39 is 17.4 Å². The quantitative estimate of drug-likeness (QED) is 0.430. The van der Waals surface area contributed by atoms with Crippen LogP contribution in [0.2, 0.25) is 0 Å². The fraction of sp³-hybridized carbons (Fsp3) is 0.833. The van der Waals surface area contributed by atoms with E-state index in [1.807, 2.05) is 6.92 Å². The lowest BCUT2D eigenvalue weighted by Gasteiger charge is -2.21. The Labute approximate surface area is 110 Å². The smallest absolute Gasteiger partial charge is 0.323 e. The first-order chi connectivity index (χ1) is 8.10. The predicted octanol–water partition coefficient (Wildman–Crippen LogP) is 2.44. The molecule has 0 spiro atoms. The summed E-state index contributed by atoms with van der Waals surface area (Å²) < 4.78 is 10.2. The minimum Gasteiger partial charge on any atom is -0.465 e. The highest BCUT2D eigenvalue weighted by molar-refractivity contribution is 9.09. The lowest BCUT2D eigenvalue weighted by molar-refractivity contribution is -0.165. The topological polar surface area (TPSA) is 52.6 Å². The van der Waals surface area contributed by atoms with Crippen LogP contribution in [0.15, 0.2) is 0 Å². The first-order valence-corrected chi connectivity index (χ1v) is 7.17. The lowest BCUT2D eigenvalue weighted by atomic mass is 9.80. The second kappa shape index (κ2) is 6.38. The van der Waals surface area contributed by atoms with Gasteiger partial charge in [-0.1, -0.05) is 35.7 Å². The molecular formula is C12H19BrO4. The third-order valence-corrected chi connectivity index (χ3v) is 3.76. The fourth-order valence-electron chi connectivity index (χ4n) is 2.08. The Morgan fingerprint density at radius 3 is 2.76 bits per heavy atom. The van der Waals surface area contributed by atoms with Gasteiger partial charge < -0.3 is 9.47 Å². The van der Waals surface area contributed by atoms with E-state index in [0.717, 1.165) is 12.8 Å². The first kappa shape index (κ1) is 14.5. The van der Waals surface area contributed by atoms with E-state index in [1.54, 1.807) is 6.92 Å². The Kier molecular flexibility index (Phi) is 5.43. The van der Waals surface area contributed by atoms with Crippen molar-refractivity contribution in [1.29, 1.82) is 0 Å². The summed E-state index contributed by atoms with van der Waals surface area (Å²) in [5.41, 5.74) is -1.07. The van der Waals surface area contributed by atoms with Gasteiger partial charge in [0.1, 0.15) is 6.10 Å². The van der Waals surface area contributed by atoms with E-state index in [2.05, 4.69) is 15.9 Å². The largest absolute Gasteiger partial charge is 0.465 e. The van der Waals surface area contributed by atoms with E-state index in [9.17, 15) is 9.59 Å². The highest BCUT2D eigenvalue weighted by Crippen LogP contribution is 2.40. The number of unbranched alkanes of at least 4 members (excludes halogenated alkanes) is 1. The molecule has 98 valence electrons. The summed E-state index contributed by atoms with van der Waals surface area (Å²) in [6.45, 7) is 4.06. The summed E-state index contributed by atoms with van der Waals surface area (Å²) in [6.07, 6.45) is 2.49. The summed E-state index contributed by atoms with van der Waals surface area (Å²) in [5, 5.41) is 0.562. The van der Waals surface area contributed by atoms with E-state index >= 15 is 0 Å². The molecule has 0 aliphatic carbocycles. The third-order valence-electron chi connectivity index (χ3n) is 3.04. The van der Waals surface area contributed by atoms with Crippen molar-refractivity contribution >= 4 is 27.9 Å². The molecule has 4 nitrogen and oxygen atoms in total. The average Bonchev–Trinajstić information content (AvgIpc) is 2.65. The normalized spacial score (nSPS) is 27.9. The molecule has 1 aliphatic rings. The van der Waals surface area contributed by atoms with Crippen LogP contribution >= 0.6 is 15.9 Å². The van der Waals surface area contributed by atoms with Crippen LogP contribution in [0.5, 0.6) is 0 Å². The zero-order chi connectivity index (χ0) is 12.9. The van der Waals surface area contributed by atoms with Crippen LogP contribution in [-0.2, 0) is 19.1 Å². The molecule has 1 aliphatic heterocycles. The third kappa shape index (κ3) is 3.00. The zero-order valence-electron chi connectivity index (χ0n) is 10.3. The Morgan fingerprint density at radius 2 is 2.29 bits per heavy atom. The molecule has 1 fully saturated rings. The summed E-state index contributed by atoms with van der Waals surface area (Å²) >= 11 is 3.28. The maximum atomic E-state index is 12.0. The van der Waals surface area contributed by atoms with Crippen molar-refractivity contribution in [3.05, 3.63) is 0 Å².